The van der Waals surface area contributed by atoms with Gasteiger partial charge in [-0.1, -0.05) is 55.2 Å². The average Bonchev–Trinajstić information content (AvgIpc) is 2.46. The standard InChI is InChI=1S/C17H19Cl2N/c1-3-12(2)13-7-9-14(10-8-13)20-11-15-16(18)5-4-6-17(15)19/h4-10,12,20H,3,11H2,1-2H3. The van der Waals surface area contributed by atoms with Crippen LogP contribution in [0.1, 0.15) is 37.3 Å². The quantitative estimate of drug-likeness (QED) is 0.701. The first-order chi connectivity index (χ1) is 9.61. The zero-order chi connectivity index (χ0) is 14.5. The normalized spacial score (nSPS) is 12.2. The number of hydrogen-bond donors (Lipinski definition) is 1. The molecule has 0 fully saturated rings. The van der Waals surface area contributed by atoms with Crippen LogP contribution in [0.15, 0.2) is 42.5 Å². The maximum absolute atomic E-state index is 6.16. The van der Waals surface area contributed by atoms with Crippen molar-refractivity contribution in [3.8, 4) is 0 Å². The van der Waals surface area contributed by atoms with Gasteiger partial charge in [0.25, 0.3) is 0 Å². The monoisotopic (exact) mass is 307 g/mol. The molecule has 0 spiro atoms. The van der Waals surface area contributed by atoms with Crippen molar-refractivity contribution in [2.45, 2.75) is 32.7 Å². The third kappa shape index (κ3) is 3.68. The Hall–Kier alpha value is -1.18. The molecule has 0 amide bonds. The average molecular weight is 308 g/mol. The summed E-state index contributed by atoms with van der Waals surface area (Å²) >= 11 is 12.3. The van der Waals surface area contributed by atoms with Gasteiger partial charge in [-0.3, -0.25) is 0 Å². The Morgan fingerprint density at radius 3 is 2.15 bits per heavy atom. The molecule has 0 aliphatic rings. The largest absolute Gasteiger partial charge is 0.381 e. The second-order valence-corrected chi connectivity index (χ2v) is 5.80. The van der Waals surface area contributed by atoms with Gasteiger partial charge in [0.2, 0.25) is 0 Å². The van der Waals surface area contributed by atoms with Gasteiger partial charge < -0.3 is 5.32 Å². The van der Waals surface area contributed by atoms with Crippen molar-refractivity contribution in [2.24, 2.45) is 0 Å². The fraction of sp³-hybridized carbons (Fsp3) is 0.294. The molecule has 0 aliphatic carbocycles. The van der Waals surface area contributed by atoms with Crippen LogP contribution in [0.3, 0.4) is 0 Å². The summed E-state index contributed by atoms with van der Waals surface area (Å²) in [4.78, 5) is 0. The highest BCUT2D eigenvalue weighted by molar-refractivity contribution is 6.36. The van der Waals surface area contributed by atoms with E-state index in [0.717, 1.165) is 17.7 Å². The Morgan fingerprint density at radius 1 is 1.00 bits per heavy atom. The summed E-state index contributed by atoms with van der Waals surface area (Å²) < 4.78 is 0. The maximum atomic E-state index is 6.16. The predicted molar refractivity (Wildman–Crippen MR) is 88.9 cm³/mol. The number of anilines is 1. The fourth-order valence-electron chi connectivity index (χ4n) is 2.06. The van der Waals surface area contributed by atoms with Crippen molar-refractivity contribution >= 4 is 28.9 Å². The van der Waals surface area contributed by atoms with Gasteiger partial charge in [-0.05, 0) is 42.2 Å². The smallest absolute Gasteiger partial charge is 0.0470 e. The molecule has 106 valence electrons. The zero-order valence-corrected chi connectivity index (χ0v) is 13.3. The SMILES string of the molecule is CCC(C)c1ccc(NCc2c(Cl)cccc2Cl)cc1. The van der Waals surface area contributed by atoms with Crippen LogP contribution >= 0.6 is 23.2 Å². The summed E-state index contributed by atoms with van der Waals surface area (Å²) in [5.41, 5.74) is 3.38. The van der Waals surface area contributed by atoms with E-state index in [4.69, 9.17) is 23.2 Å². The van der Waals surface area contributed by atoms with E-state index < -0.39 is 0 Å². The number of nitrogens with one attached hydrogen (secondary N) is 1. The Kier molecular flexibility index (Phi) is 5.33. The lowest BCUT2D eigenvalue weighted by molar-refractivity contribution is 0.734. The van der Waals surface area contributed by atoms with Gasteiger partial charge in [0.05, 0.1) is 0 Å². The molecule has 2 aromatic carbocycles. The molecule has 20 heavy (non-hydrogen) atoms. The third-order valence-corrected chi connectivity index (χ3v) is 4.33. The first-order valence-electron chi connectivity index (χ1n) is 6.88. The first kappa shape index (κ1) is 15.2. The van der Waals surface area contributed by atoms with Crippen molar-refractivity contribution in [3.05, 3.63) is 63.6 Å². The van der Waals surface area contributed by atoms with Crippen LogP contribution < -0.4 is 5.32 Å². The van der Waals surface area contributed by atoms with Crippen LogP contribution in [0.4, 0.5) is 5.69 Å². The van der Waals surface area contributed by atoms with Crippen molar-refractivity contribution in [1.29, 1.82) is 0 Å². The molecule has 0 bridgehead atoms. The lowest BCUT2D eigenvalue weighted by atomic mass is 9.99. The van der Waals surface area contributed by atoms with Crippen LogP contribution in [-0.2, 0) is 6.54 Å². The summed E-state index contributed by atoms with van der Waals surface area (Å²) in [5.74, 6) is 0.599. The van der Waals surface area contributed by atoms with Gasteiger partial charge in [0.15, 0.2) is 0 Å². The second kappa shape index (κ2) is 7.01. The molecule has 1 atom stereocenters. The minimum Gasteiger partial charge on any atom is -0.381 e. The Balaban J connectivity index is 2.04. The van der Waals surface area contributed by atoms with Crippen LogP contribution in [0, 0.1) is 0 Å². The molecule has 0 saturated heterocycles. The summed E-state index contributed by atoms with van der Waals surface area (Å²) in [6, 6.07) is 14.1. The Labute approximate surface area is 130 Å². The van der Waals surface area contributed by atoms with E-state index in [0.29, 0.717) is 22.5 Å². The van der Waals surface area contributed by atoms with Crippen LogP contribution in [0.25, 0.3) is 0 Å². The zero-order valence-electron chi connectivity index (χ0n) is 11.8. The maximum Gasteiger partial charge on any atom is 0.0470 e. The van der Waals surface area contributed by atoms with Crippen LogP contribution in [0.2, 0.25) is 10.0 Å². The van der Waals surface area contributed by atoms with Crippen molar-refractivity contribution in [2.75, 3.05) is 5.32 Å². The van der Waals surface area contributed by atoms with Crippen molar-refractivity contribution in [1.82, 2.24) is 0 Å². The van der Waals surface area contributed by atoms with E-state index in [9.17, 15) is 0 Å². The highest BCUT2D eigenvalue weighted by Crippen LogP contribution is 2.26. The lowest BCUT2D eigenvalue weighted by Crippen LogP contribution is -2.01. The van der Waals surface area contributed by atoms with Gasteiger partial charge in [0, 0.05) is 27.8 Å². The van der Waals surface area contributed by atoms with Crippen molar-refractivity contribution < 1.29 is 0 Å². The third-order valence-electron chi connectivity index (χ3n) is 3.62. The van der Waals surface area contributed by atoms with E-state index in [1.54, 1.807) is 0 Å². The molecular weight excluding hydrogens is 289 g/mol. The fourth-order valence-corrected chi connectivity index (χ4v) is 2.59. The highest BCUT2D eigenvalue weighted by Gasteiger charge is 2.06. The molecule has 2 rings (SSSR count). The first-order valence-corrected chi connectivity index (χ1v) is 7.64. The van der Waals surface area contributed by atoms with E-state index in [1.165, 1.54) is 5.56 Å². The molecule has 0 aliphatic heterocycles. The molecule has 1 nitrogen and oxygen atoms in total. The van der Waals surface area contributed by atoms with Gasteiger partial charge in [-0.15, -0.1) is 0 Å². The van der Waals surface area contributed by atoms with Gasteiger partial charge >= 0.3 is 0 Å². The van der Waals surface area contributed by atoms with Gasteiger partial charge in [-0.25, -0.2) is 0 Å². The Morgan fingerprint density at radius 2 is 1.60 bits per heavy atom. The highest BCUT2D eigenvalue weighted by atomic mass is 35.5. The number of hydrogen-bond acceptors (Lipinski definition) is 1. The van der Waals surface area contributed by atoms with Crippen LogP contribution in [-0.4, -0.2) is 0 Å². The van der Waals surface area contributed by atoms with E-state index in [1.807, 2.05) is 18.2 Å². The Bertz CT molecular complexity index is 543. The molecule has 0 radical (unpaired) electrons. The van der Waals surface area contributed by atoms with Crippen molar-refractivity contribution in [3.63, 3.8) is 0 Å². The van der Waals surface area contributed by atoms with E-state index in [-0.39, 0.29) is 0 Å². The molecule has 2 aromatic rings. The summed E-state index contributed by atoms with van der Waals surface area (Å²) in [6.07, 6.45) is 1.15. The van der Waals surface area contributed by atoms with E-state index in [2.05, 4.69) is 43.4 Å². The number of halogens is 2. The molecule has 0 saturated carbocycles. The molecule has 0 aromatic heterocycles. The van der Waals surface area contributed by atoms with Gasteiger partial charge in [0.1, 0.15) is 0 Å². The minimum atomic E-state index is 0.599. The summed E-state index contributed by atoms with van der Waals surface area (Å²) in [7, 11) is 0. The van der Waals surface area contributed by atoms with E-state index >= 15 is 0 Å². The molecule has 3 heteroatoms. The lowest BCUT2D eigenvalue weighted by Gasteiger charge is -2.12. The minimum absolute atomic E-state index is 0.599. The molecule has 0 heterocycles. The number of benzene rings is 2. The van der Waals surface area contributed by atoms with Crippen LogP contribution in [0.5, 0.6) is 0 Å². The molecule has 1 unspecified atom stereocenters. The topological polar surface area (TPSA) is 12.0 Å². The second-order valence-electron chi connectivity index (χ2n) is 4.99. The predicted octanol–water partition coefficient (Wildman–Crippen LogP) is 6.12. The van der Waals surface area contributed by atoms with Gasteiger partial charge in [-0.2, -0.15) is 0 Å². The molecular formula is C17H19Cl2N. The number of rotatable bonds is 5. The summed E-state index contributed by atoms with van der Waals surface area (Å²) in [6.45, 7) is 5.07. The molecule has 1 N–H and O–H groups in total. The summed E-state index contributed by atoms with van der Waals surface area (Å²) in [5, 5.41) is 4.75.